The molecule has 7 rings (SSSR count). The van der Waals surface area contributed by atoms with Gasteiger partial charge < -0.3 is 29.3 Å². The van der Waals surface area contributed by atoms with Gasteiger partial charge in [-0.25, -0.2) is 0 Å². The monoisotopic (exact) mass is 703 g/mol. The minimum atomic E-state index is -1.57. The van der Waals surface area contributed by atoms with Crippen LogP contribution in [0.5, 0.6) is 0 Å². The number of benzene rings is 3. The summed E-state index contributed by atoms with van der Waals surface area (Å²) in [5.41, 5.74) is 2.35. The number of fused-ring (bicyclic) bond motifs is 2. The molecular weight excluding hydrogens is 658 g/mol. The Bertz CT molecular complexity index is 1910. The Morgan fingerprint density at radius 3 is 2.35 bits per heavy atom. The van der Waals surface area contributed by atoms with Crippen LogP contribution in [0.15, 0.2) is 103 Å². The molecular formula is C42H45N3O7. The molecule has 2 saturated heterocycles. The zero-order valence-corrected chi connectivity index (χ0v) is 29.9. The van der Waals surface area contributed by atoms with E-state index >= 15 is 9.59 Å². The molecule has 10 nitrogen and oxygen atoms in total. The topological polar surface area (TPSA) is 117 Å². The lowest BCUT2D eigenvalue weighted by molar-refractivity contribution is -0.164. The summed E-state index contributed by atoms with van der Waals surface area (Å²) in [5, 5.41) is 10.9. The average molecular weight is 704 g/mol. The summed E-state index contributed by atoms with van der Waals surface area (Å²) >= 11 is 0. The van der Waals surface area contributed by atoms with Gasteiger partial charge in [-0.1, -0.05) is 97.1 Å². The van der Waals surface area contributed by atoms with Crippen LogP contribution in [0.4, 0.5) is 5.69 Å². The van der Waals surface area contributed by atoms with Crippen molar-refractivity contribution in [2.45, 2.75) is 69.5 Å². The standard InChI is InChI=1S/C42H45N3O7/c1-26-20-21-27(2)31(24-26)44-23-13-22-42-36(39(48)45(38(42)40(44)49)32(25-46)29-14-7-5-8-15-29)35-33(52-42)18-11-12-19-34(47)43(4)28(3)37(51-41(35)50)30-16-9-6-10-17-30/h5-11,13-18,20-22,24,28,32-33,35-38,46H,12,19,23,25H2,1-4H3/b18-11-/t28-,32+,33-,35+,36+,37+,38-,42+/m0/s1. The quantitative estimate of drug-likeness (QED) is 0.294. The summed E-state index contributed by atoms with van der Waals surface area (Å²) in [7, 11) is 1.70. The van der Waals surface area contributed by atoms with Crippen molar-refractivity contribution in [3.05, 3.63) is 125 Å². The van der Waals surface area contributed by atoms with E-state index in [0.29, 0.717) is 23.2 Å². The Morgan fingerprint density at radius 2 is 1.63 bits per heavy atom. The maximum absolute atomic E-state index is 15.2. The van der Waals surface area contributed by atoms with Crippen molar-refractivity contribution in [3.8, 4) is 0 Å². The number of allylic oxidation sites excluding steroid dienone is 1. The molecule has 52 heavy (non-hydrogen) atoms. The number of aliphatic hydroxyl groups excluding tert-OH is 1. The van der Waals surface area contributed by atoms with Crippen molar-refractivity contribution in [1.29, 1.82) is 0 Å². The minimum absolute atomic E-state index is 0.0975. The molecule has 0 unspecified atom stereocenters. The number of aliphatic hydroxyl groups is 1. The third kappa shape index (κ3) is 5.93. The zero-order chi connectivity index (χ0) is 36.7. The smallest absolute Gasteiger partial charge is 0.313 e. The SMILES string of the molecule is Cc1ccc(C)c(N2CC=C[C@@]34O[C@H]5/C=C\CCC(=O)N(C)[C@@H](C)[C@H](c6ccccc6)OC(=O)[C@H]5[C@@H]3C(=O)N([C@H](CO)c3ccccc3)[C@H]4C2=O)c1. The Kier molecular flexibility index (Phi) is 9.63. The van der Waals surface area contributed by atoms with Gasteiger partial charge in [0.15, 0.2) is 0 Å². The van der Waals surface area contributed by atoms with Crippen LogP contribution in [-0.4, -0.2) is 82.6 Å². The molecule has 10 heteroatoms. The number of anilines is 1. The van der Waals surface area contributed by atoms with Crippen molar-refractivity contribution >= 4 is 29.4 Å². The largest absolute Gasteiger partial charge is 0.455 e. The van der Waals surface area contributed by atoms with Crippen LogP contribution in [0.1, 0.15) is 54.2 Å². The lowest BCUT2D eigenvalue weighted by atomic mass is 9.77. The Labute approximate surface area is 304 Å². The van der Waals surface area contributed by atoms with Crippen molar-refractivity contribution in [2.24, 2.45) is 11.8 Å². The summed E-state index contributed by atoms with van der Waals surface area (Å²) in [6.45, 7) is 5.49. The highest BCUT2D eigenvalue weighted by Crippen LogP contribution is 2.55. The molecule has 3 amide bonds. The van der Waals surface area contributed by atoms with E-state index in [1.54, 1.807) is 35.1 Å². The minimum Gasteiger partial charge on any atom is -0.455 e. The summed E-state index contributed by atoms with van der Waals surface area (Å²) in [6, 6.07) is 21.6. The number of aryl methyl sites for hydroxylation is 2. The van der Waals surface area contributed by atoms with Crippen molar-refractivity contribution in [2.75, 3.05) is 25.1 Å². The Morgan fingerprint density at radius 1 is 0.923 bits per heavy atom. The number of esters is 1. The fourth-order valence-electron chi connectivity index (χ4n) is 8.42. The maximum atomic E-state index is 15.2. The number of nitrogens with zero attached hydrogens (tertiary/aromatic N) is 3. The third-order valence-corrected chi connectivity index (χ3v) is 11.2. The molecule has 3 aromatic rings. The van der Waals surface area contributed by atoms with Gasteiger partial charge in [0.05, 0.1) is 30.7 Å². The van der Waals surface area contributed by atoms with E-state index in [-0.39, 0.29) is 24.8 Å². The zero-order valence-electron chi connectivity index (χ0n) is 29.9. The maximum Gasteiger partial charge on any atom is 0.313 e. The fraction of sp³-hybridized carbons (Fsp3) is 0.381. The molecule has 0 radical (unpaired) electrons. The van der Waals surface area contributed by atoms with Crippen LogP contribution < -0.4 is 4.90 Å². The fourth-order valence-corrected chi connectivity index (χ4v) is 8.42. The average Bonchev–Trinajstić information content (AvgIpc) is 3.54. The highest BCUT2D eigenvalue weighted by atomic mass is 16.6. The molecule has 0 aromatic heterocycles. The summed E-state index contributed by atoms with van der Waals surface area (Å²) in [4.78, 5) is 63.0. The first-order valence-electron chi connectivity index (χ1n) is 18.0. The van der Waals surface area contributed by atoms with Gasteiger partial charge in [0.2, 0.25) is 11.8 Å². The normalized spacial score (nSPS) is 30.4. The number of ether oxygens (including phenoxy) is 2. The molecule has 0 saturated carbocycles. The van der Waals surface area contributed by atoms with Crippen molar-refractivity contribution in [3.63, 3.8) is 0 Å². The number of hydrogen-bond donors (Lipinski definition) is 1. The van der Waals surface area contributed by atoms with E-state index in [1.807, 2.05) is 106 Å². The number of hydrogen-bond acceptors (Lipinski definition) is 7. The predicted molar refractivity (Wildman–Crippen MR) is 195 cm³/mol. The number of carbonyl (C=O) groups excluding carboxylic acids is 4. The van der Waals surface area contributed by atoms with Crippen molar-refractivity contribution in [1.82, 2.24) is 9.80 Å². The van der Waals surface area contributed by atoms with Gasteiger partial charge in [-0.15, -0.1) is 0 Å². The molecule has 4 heterocycles. The Balaban J connectivity index is 1.38. The van der Waals surface area contributed by atoms with E-state index in [2.05, 4.69) is 0 Å². The molecule has 270 valence electrons. The Hall–Kier alpha value is -5.06. The van der Waals surface area contributed by atoms with E-state index < -0.39 is 66.3 Å². The van der Waals surface area contributed by atoms with Gasteiger partial charge in [-0.05, 0) is 55.5 Å². The predicted octanol–water partition coefficient (Wildman–Crippen LogP) is 5.00. The molecule has 8 atom stereocenters. The number of amides is 3. The van der Waals surface area contributed by atoms with Crippen molar-refractivity contribution < 1.29 is 33.8 Å². The number of likely N-dealkylation sites (tertiary alicyclic amines) is 1. The lowest BCUT2D eigenvalue weighted by Crippen LogP contribution is -2.56. The third-order valence-electron chi connectivity index (χ3n) is 11.2. The van der Waals surface area contributed by atoms with Gasteiger partial charge in [0.25, 0.3) is 5.91 Å². The molecule has 3 aromatic carbocycles. The van der Waals surface area contributed by atoms with E-state index in [1.165, 1.54) is 4.90 Å². The van der Waals surface area contributed by atoms with Crippen LogP contribution in [-0.2, 0) is 28.7 Å². The number of rotatable bonds is 5. The first-order chi connectivity index (χ1) is 25.1. The molecule has 1 N–H and O–H groups in total. The second kappa shape index (κ2) is 14.2. The van der Waals surface area contributed by atoms with Gasteiger partial charge in [0.1, 0.15) is 23.7 Å². The van der Waals surface area contributed by atoms with Crippen LogP contribution in [0.3, 0.4) is 0 Å². The molecule has 4 aliphatic heterocycles. The lowest BCUT2D eigenvalue weighted by Gasteiger charge is -2.39. The van der Waals surface area contributed by atoms with Gasteiger partial charge >= 0.3 is 5.97 Å². The van der Waals surface area contributed by atoms with Crippen LogP contribution >= 0.6 is 0 Å². The van der Waals surface area contributed by atoms with E-state index in [0.717, 1.165) is 11.1 Å². The summed E-state index contributed by atoms with van der Waals surface area (Å²) in [6.07, 6.45) is 6.01. The highest BCUT2D eigenvalue weighted by Gasteiger charge is 2.73. The van der Waals surface area contributed by atoms with Gasteiger partial charge in [-0.2, -0.15) is 0 Å². The number of likely N-dealkylation sites (N-methyl/N-ethyl adjacent to an activating group) is 1. The molecule has 0 bridgehead atoms. The summed E-state index contributed by atoms with van der Waals surface area (Å²) in [5.74, 6) is -3.89. The molecule has 2 fully saturated rings. The number of cyclic esters (lactones) is 1. The highest BCUT2D eigenvalue weighted by molar-refractivity contribution is 6.06. The van der Waals surface area contributed by atoms with Crippen LogP contribution in [0.25, 0.3) is 0 Å². The first-order valence-corrected chi connectivity index (χ1v) is 18.0. The van der Waals surface area contributed by atoms with Gasteiger partial charge in [-0.3, -0.25) is 19.2 Å². The molecule has 0 aliphatic carbocycles. The second-order valence-electron chi connectivity index (χ2n) is 14.3. The van der Waals surface area contributed by atoms with Gasteiger partial charge in [0, 0.05) is 25.7 Å². The van der Waals surface area contributed by atoms with E-state index in [4.69, 9.17) is 9.47 Å². The summed E-state index contributed by atoms with van der Waals surface area (Å²) < 4.78 is 13.3. The number of carbonyl (C=O) groups is 4. The van der Waals surface area contributed by atoms with Crippen LogP contribution in [0.2, 0.25) is 0 Å². The first kappa shape index (κ1) is 35.3. The van der Waals surface area contributed by atoms with E-state index in [9.17, 15) is 14.7 Å². The molecule has 1 spiro atoms. The van der Waals surface area contributed by atoms with Crippen LogP contribution in [0, 0.1) is 25.7 Å². The molecule has 4 aliphatic rings. The second-order valence-corrected chi connectivity index (χ2v) is 14.3.